The van der Waals surface area contributed by atoms with Crippen LogP contribution in [0.2, 0.25) is 0 Å². The number of fused-ring (bicyclic) bond motifs is 2. The number of nitrogens with one attached hydrogen (secondary N) is 1. The summed E-state index contributed by atoms with van der Waals surface area (Å²) in [5.74, 6) is 1.18. The van der Waals surface area contributed by atoms with E-state index in [1.54, 1.807) is 10.6 Å². The van der Waals surface area contributed by atoms with Gasteiger partial charge in [-0.25, -0.2) is 9.50 Å². The second-order valence-electron chi connectivity index (χ2n) is 5.71. The van der Waals surface area contributed by atoms with Gasteiger partial charge in [0.05, 0.1) is 0 Å². The number of carbonyl (C=O) groups excluding carboxylic acids is 1. The highest BCUT2D eigenvalue weighted by Gasteiger charge is 2.15. The molecule has 0 fully saturated rings. The van der Waals surface area contributed by atoms with Crippen LogP contribution in [-0.2, 0) is 6.54 Å². The molecule has 1 amide bonds. The molecule has 2 aromatic heterocycles. The van der Waals surface area contributed by atoms with Crippen molar-refractivity contribution >= 4 is 11.6 Å². The second kappa shape index (κ2) is 5.52. The van der Waals surface area contributed by atoms with E-state index in [1.165, 1.54) is 0 Å². The Morgan fingerprint density at radius 2 is 2.04 bits per heavy atom. The summed E-state index contributed by atoms with van der Waals surface area (Å²) in [4.78, 5) is 16.7. The number of aromatic nitrogens is 3. The van der Waals surface area contributed by atoms with Crippen molar-refractivity contribution in [2.24, 2.45) is 0 Å². The number of benzene rings is 1. The molecule has 3 aromatic rings. The molecule has 24 heavy (non-hydrogen) atoms. The lowest BCUT2D eigenvalue weighted by Gasteiger charge is -2.04. The highest BCUT2D eigenvalue weighted by atomic mass is 16.7. The number of nitrogens with zero attached hydrogens (tertiary/aromatic N) is 3. The van der Waals surface area contributed by atoms with Gasteiger partial charge < -0.3 is 14.8 Å². The third kappa shape index (κ3) is 2.54. The molecule has 1 aromatic carbocycles. The Kier molecular flexibility index (Phi) is 3.34. The number of amides is 1. The van der Waals surface area contributed by atoms with E-state index in [1.807, 2.05) is 38.1 Å². The highest BCUT2D eigenvalue weighted by Crippen LogP contribution is 2.32. The fourth-order valence-electron chi connectivity index (χ4n) is 2.72. The van der Waals surface area contributed by atoms with Crippen LogP contribution in [0.15, 0.2) is 30.3 Å². The van der Waals surface area contributed by atoms with Crippen LogP contribution < -0.4 is 14.8 Å². The molecule has 0 atom stereocenters. The lowest BCUT2D eigenvalue weighted by Crippen LogP contribution is -2.23. The highest BCUT2D eigenvalue weighted by molar-refractivity contribution is 5.93. The molecule has 0 aliphatic carbocycles. The van der Waals surface area contributed by atoms with Crippen molar-refractivity contribution in [3.63, 3.8) is 0 Å². The Morgan fingerprint density at radius 1 is 1.21 bits per heavy atom. The fraction of sp³-hybridized carbons (Fsp3) is 0.235. The van der Waals surface area contributed by atoms with Gasteiger partial charge in [-0.3, -0.25) is 4.79 Å². The summed E-state index contributed by atoms with van der Waals surface area (Å²) >= 11 is 0. The van der Waals surface area contributed by atoms with Crippen LogP contribution in [0.25, 0.3) is 5.65 Å². The van der Waals surface area contributed by atoms with Crippen molar-refractivity contribution in [2.75, 3.05) is 6.79 Å². The molecule has 0 unspecified atom stereocenters. The van der Waals surface area contributed by atoms with E-state index in [-0.39, 0.29) is 12.7 Å². The van der Waals surface area contributed by atoms with Gasteiger partial charge in [-0.05, 0) is 37.6 Å². The van der Waals surface area contributed by atoms with Gasteiger partial charge in [0, 0.05) is 24.0 Å². The summed E-state index contributed by atoms with van der Waals surface area (Å²) < 4.78 is 12.3. The summed E-state index contributed by atoms with van der Waals surface area (Å²) in [6, 6.07) is 9.21. The van der Waals surface area contributed by atoms with Crippen molar-refractivity contribution in [1.29, 1.82) is 0 Å². The zero-order valence-electron chi connectivity index (χ0n) is 13.4. The smallest absolute Gasteiger partial charge is 0.272 e. The van der Waals surface area contributed by atoms with Gasteiger partial charge in [0.1, 0.15) is 0 Å². The van der Waals surface area contributed by atoms with Crippen LogP contribution in [0.5, 0.6) is 11.5 Å². The summed E-state index contributed by atoms with van der Waals surface area (Å²) in [6.07, 6.45) is 0. The van der Waals surface area contributed by atoms with Crippen LogP contribution in [-0.4, -0.2) is 27.3 Å². The molecule has 1 aliphatic rings. The molecule has 3 heterocycles. The Hall–Kier alpha value is -3.09. The summed E-state index contributed by atoms with van der Waals surface area (Å²) in [5, 5.41) is 7.18. The third-order valence-electron chi connectivity index (χ3n) is 3.86. The zero-order chi connectivity index (χ0) is 16.7. The number of carbonyl (C=O) groups is 1. The Balaban J connectivity index is 1.51. The van der Waals surface area contributed by atoms with Crippen molar-refractivity contribution < 1.29 is 14.3 Å². The van der Waals surface area contributed by atoms with E-state index in [0.29, 0.717) is 23.6 Å². The van der Waals surface area contributed by atoms with Gasteiger partial charge in [-0.2, -0.15) is 5.10 Å². The van der Waals surface area contributed by atoms with Gasteiger partial charge in [0.25, 0.3) is 5.91 Å². The largest absolute Gasteiger partial charge is 0.454 e. The van der Waals surface area contributed by atoms with Crippen molar-refractivity contribution in [2.45, 2.75) is 20.4 Å². The molecular formula is C17H16N4O3. The fourth-order valence-corrected chi connectivity index (χ4v) is 2.72. The molecular weight excluding hydrogens is 308 g/mol. The number of hydrogen-bond acceptors (Lipinski definition) is 5. The van der Waals surface area contributed by atoms with E-state index in [2.05, 4.69) is 15.4 Å². The van der Waals surface area contributed by atoms with Gasteiger partial charge in [-0.1, -0.05) is 6.07 Å². The van der Waals surface area contributed by atoms with E-state index in [0.717, 1.165) is 22.7 Å². The maximum atomic E-state index is 12.3. The lowest BCUT2D eigenvalue weighted by atomic mass is 10.2. The van der Waals surface area contributed by atoms with Gasteiger partial charge in [0.2, 0.25) is 6.79 Å². The Labute approximate surface area is 138 Å². The van der Waals surface area contributed by atoms with Gasteiger partial charge >= 0.3 is 0 Å². The van der Waals surface area contributed by atoms with Crippen molar-refractivity contribution in [3.05, 3.63) is 53.0 Å². The summed E-state index contributed by atoms with van der Waals surface area (Å²) in [5.41, 5.74) is 3.78. The predicted molar refractivity (Wildman–Crippen MR) is 86.2 cm³/mol. The van der Waals surface area contributed by atoms with Crippen LogP contribution in [0, 0.1) is 13.8 Å². The molecule has 122 valence electrons. The minimum absolute atomic E-state index is 0.234. The molecule has 0 saturated heterocycles. The molecule has 1 N–H and O–H groups in total. The Morgan fingerprint density at radius 3 is 2.92 bits per heavy atom. The first-order valence-electron chi connectivity index (χ1n) is 7.61. The minimum Gasteiger partial charge on any atom is -0.454 e. The standard InChI is InChI=1S/C17H16N4O3/c1-10-5-11(2)21-16(19-10)7-13(20-21)17(22)18-8-12-3-4-14-15(6-12)24-9-23-14/h3-7H,8-9H2,1-2H3,(H,18,22). The normalized spacial score (nSPS) is 12.6. The molecule has 0 spiro atoms. The van der Waals surface area contributed by atoms with Crippen LogP contribution in [0.3, 0.4) is 0 Å². The molecule has 1 aliphatic heterocycles. The maximum absolute atomic E-state index is 12.3. The number of aryl methyl sites for hydroxylation is 2. The third-order valence-corrected chi connectivity index (χ3v) is 3.86. The van der Waals surface area contributed by atoms with E-state index in [9.17, 15) is 4.79 Å². The van der Waals surface area contributed by atoms with Crippen molar-refractivity contribution in [1.82, 2.24) is 19.9 Å². The molecule has 0 radical (unpaired) electrons. The van der Waals surface area contributed by atoms with Crippen LogP contribution in [0.4, 0.5) is 0 Å². The lowest BCUT2D eigenvalue weighted by molar-refractivity contribution is 0.0945. The molecule has 0 saturated carbocycles. The minimum atomic E-state index is -0.241. The summed E-state index contributed by atoms with van der Waals surface area (Å²) in [6.45, 7) is 4.47. The van der Waals surface area contributed by atoms with Gasteiger partial charge in [0.15, 0.2) is 22.8 Å². The van der Waals surface area contributed by atoms with E-state index in [4.69, 9.17) is 9.47 Å². The molecule has 4 rings (SSSR count). The average molecular weight is 324 g/mol. The average Bonchev–Trinajstić information content (AvgIpc) is 3.18. The summed E-state index contributed by atoms with van der Waals surface area (Å²) in [7, 11) is 0. The van der Waals surface area contributed by atoms with E-state index >= 15 is 0 Å². The zero-order valence-corrected chi connectivity index (χ0v) is 13.4. The van der Waals surface area contributed by atoms with Crippen molar-refractivity contribution in [3.8, 4) is 11.5 Å². The molecule has 0 bridgehead atoms. The maximum Gasteiger partial charge on any atom is 0.272 e. The Bertz CT molecular complexity index is 948. The molecule has 7 heteroatoms. The van der Waals surface area contributed by atoms with Gasteiger partial charge in [-0.15, -0.1) is 0 Å². The number of rotatable bonds is 3. The predicted octanol–water partition coefficient (Wildman–Crippen LogP) is 2.00. The monoisotopic (exact) mass is 324 g/mol. The number of ether oxygens (including phenoxy) is 2. The van der Waals surface area contributed by atoms with E-state index < -0.39 is 0 Å². The quantitative estimate of drug-likeness (QED) is 0.797. The first-order valence-corrected chi connectivity index (χ1v) is 7.61. The SMILES string of the molecule is Cc1cc(C)n2nc(C(=O)NCc3ccc4c(c3)OCO4)cc2n1. The van der Waals surface area contributed by atoms with Crippen LogP contribution >= 0.6 is 0 Å². The topological polar surface area (TPSA) is 77.8 Å². The van der Waals surface area contributed by atoms with Crippen LogP contribution in [0.1, 0.15) is 27.4 Å². The first kappa shape index (κ1) is 14.5. The first-order chi connectivity index (χ1) is 11.6. The number of hydrogen-bond donors (Lipinski definition) is 1. The molecule has 7 nitrogen and oxygen atoms in total. The second-order valence-corrected chi connectivity index (χ2v) is 5.71.